The lowest BCUT2D eigenvalue weighted by Crippen LogP contribution is -2.36. The number of rotatable bonds is 7. The summed E-state index contributed by atoms with van der Waals surface area (Å²) < 4.78 is 66.2. The molecule has 146 valence electrons. The Morgan fingerprint density at radius 1 is 1.07 bits per heavy atom. The fourth-order valence-corrected chi connectivity index (χ4v) is 3.15. The zero-order valence-electron chi connectivity index (χ0n) is 13.6. The fourth-order valence-electron chi connectivity index (χ4n) is 1.96. The molecule has 2 aromatic rings. The van der Waals surface area contributed by atoms with Crippen LogP contribution >= 0.6 is 11.6 Å². The summed E-state index contributed by atoms with van der Waals surface area (Å²) in [5.41, 5.74) is 0.663. The molecular weight excluding hydrogens is 409 g/mol. The van der Waals surface area contributed by atoms with E-state index < -0.39 is 34.6 Å². The van der Waals surface area contributed by atoms with Crippen molar-refractivity contribution in [3.63, 3.8) is 0 Å². The van der Waals surface area contributed by atoms with Gasteiger partial charge in [0.1, 0.15) is 5.75 Å². The highest BCUT2D eigenvalue weighted by Gasteiger charge is 2.31. The van der Waals surface area contributed by atoms with Crippen LogP contribution in [0.15, 0.2) is 53.4 Å². The molecule has 2 N–H and O–H groups in total. The highest BCUT2D eigenvalue weighted by molar-refractivity contribution is 7.89. The Balaban J connectivity index is 1.90. The van der Waals surface area contributed by atoms with Gasteiger partial charge in [0, 0.05) is 11.6 Å². The summed E-state index contributed by atoms with van der Waals surface area (Å²) in [6.45, 7) is -0.433. The average molecular weight is 423 g/mol. The lowest BCUT2D eigenvalue weighted by atomic mass is 10.2. The Bertz CT molecular complexity index is 903. The molecule has 0 saturated carbocycles. The molecule has 0 fully saturated rings. The number of amides is 1. The minimum absolute atomic E-state index is 0.115. The maximum Gasteiger partial charge on any atom is 0.573 e. The summed E-state index contributed by atoms with van der Waals surface area (Å²) in [7, 11) is -4.08. The first-order valence-corrected chi connectivity index (χ1v) is 9.28. The van der Waals surface area contributed by atoms with Crippen molar-refractivity contribution in [3.8, 4) is 5.75 Å². The second-order valence-electron chi connectivity index (χ2n) is 5.21. The van der Waals surface area contributed by atoms with Gasteiger partial charge in [0.15, 0.2) is 0 Å². The molecule has 0 bridgehead atoms. The number of sulfonamides is 1. The highest BCUT2D eigenvalue weighted by atomic mass is 35.5. The molecular formula is C16H14ClF3N2O4S. The van der Waals surface area contributed by atoms with E-state index in [0.717, 1.165) is 24.3 Å². The molecule has 0 aromatic heterocycles. The number of ether oxygens (including phenoxy) is 1. The number of alkyl halides is 3. The first-order valence-electron chi connectivity index (χ1n) is 7.42. The molecule has 0 heterocycles. The quantitative estimate of drug-likeness (QED) is 0.718. The van der Waals surface area contributed by atoms with Gasteiger partial charge in [0.25, 0.3) is 0 Å². The van der Waals surface area contributed by atoms with Crippen LogP contribution in [0.4, 0.5) is 13.2 Å². The van der Waals surface area contributed by atoms with Gasteiger partial charge in [-0.2, -0.15) is 0 Å². The van der Waals surface area contributed by atoms with Crippen molar-refractivity contribution in [1.82, 2.24) is 10.0 Å². The zero-order chi connectivity index (χ0) is 20.1. The summed E-state index contributed by atoms with van der Waals surface area (Å²) >= 11 is 5.95. The minimum atomic E-state index is -4.88. The molecule has 6 nitrogen and oxygen atoms in total. The smallest absolute Gasteiger partial charge is 0.406 e. The second-order valence-corrected chi connectivity index (χ2v) is 7.39. The standard InChI is InChI=1S/C16H14ClF3N2O4S/c17-14-4-2-1-3-11(14)9-21-15(23)10-22-27(24,25)13-7-5-12(6-8-13)26-16(18,19)20/h1-8,22H,9-10H2,(H,21,23). The Morgan fingerprint density at radius 3 is 2.30 bits per heavy atom. The number of benzene rings is 2. The molecule has 0 radical (unpaired) electrons. The summed E-state index contributed by atoms with van der Waals surface area (Å²) in [5.74, 6) is -1.16. The van der Waals surface area contributed by atoms with Crippen LogP contribution in [0.3, 0.4) is 0 Å². The van der Waals surface area contributed by atoms with E-state index in [-0.39, 0.29) is 11.4 Å². The van der Waals surface area contributed by atoms with Crippen molar-refractivity contribution in [2.45, 2.75) is 17.8 Å². The molecule has 0 saturated heterocycles. The van der Waals surface area contributed by atoms with E-state index in [1.54, 1.807) is 24.3 Å². The Kier molecular flexibility index (Phi) is 6.68. The predicted octanol–water partition coefficient (Wildman–Crippen LogP) is 2.83. The number of hydrogen-bond acceptors (Lipinski definition) is 4. The third kappa shape index (κ3) is 6.74. The molecule has 0 spiro atoms. The van der Waals surface area contributed by atoms with Gasteiger partial charge in [0.2, 0.25) is 15.9 Å². The van der Waals surface area contributed by atoms with E-state index in [2.05, 4.69) is 14.8 Å². The van der Waals surface area contributed by atoms with Gasteiger partial charge in [-0.15, -0.1) is 13.2 Å². The molecule has 11 heteroatoms. The van der Waals surface area contributed by atoms with Crippen molar-refractivity contribution in [1.29, 1.82) is 0 Å². The number of hydrogen-bond donors (Lipinski definition) is 2. The molecule has 0 unspecified atom stereocenters. The highest BCUT2D eigenvalue weighted by Crippen LogP contribution is 2.23. The maximum absolute atomic E-state index is 12.1. The van der Waals surface area contributed by atoms with Crippen molar-refractivity contribution >= 4 is 27.5 Å². The summed E-state index contributed by atoms with van der Waals surface area (Å²) in [5, 5.41) is 2.96. The van der Waals surface area contributed by atoms with Crippen LogP contribution in [0.1, 0.15) is 5.56 Å². The molecule has 2 rings (SSSR count). The van der Waals surface area contributed by atoms with Gasteiger partial charge in [-0.25, -0.2) is 13.1 Å². The third-order valence-corrected chi connectivity index (χ3v) is 5.01. The Morgan fingerprint density at radius 2 is 1.70 bits per heavy atom. The normalized spacial score (nSPS) is 11.9. The van der Waals surface area contributed by atoms with E-state index in [9.17, 15) is 26.4 Å². The molecule has 1 amide bonds. The monoisotopic (exact) mass is 422 g/mol. The Hall–Kier alpha value is -2.30. The summed E-state index contributed by atoms with van der Waals surface area (Å²) in [6, 6.07) is 10.4. The second kappa shape index (κ2) is 8.59. The van der Waals surface area contributed by atoms with Crippen LogP contribution in [0.5, 0.6) is 5.75 Å². The summed E-state index contributed by atoms with van der Waals surface area (Å²) in [6.07, 6.45) is -4.88. The van der Waals surface area contributed by atoms with Gasteiger partial charge in [-0.1, -0.05) is 29.8 Å². The van der Waals surface area contributed by atoms with E-state index in [4.69, 9.17) is 11.6 Å². The zero-order valence-corrected chi connectivity index (χ0v) is 15.2. The van der Waals surface area contributed by atoms with Gasteiger partial charge >= 0.3 is 6.36 Å². The topological polar surface area (TPSA) is 84.5 Å². The van der Waals surface area contributed by atoms with Crippen molar-refractivity contribution < 1.29 is 31.1 Å². The van der Waals surface area contributed by atoms with E-state index in [1.165, 1.54) is 0 Å². The predicted molar refractivity (Wildman–Crippen MR) is 91.6 cm³/mol. The minimum Gasteiger partial charge on any atom is -0.406 e. The van der Waals surface area contributed by atoms with Crippen LogP contribution in [0.2, 0.25) is 5.02 Å². The van der Waals surface area contributed by atoms with Crippen molar-refractivity contribution in [3.05, 3.63) is 59.1 Å². The first-order chi connectivity index (χ1) is 12.6. The molecule has 0 aliphatic carbocycles. The lowest BCUT2D eigenvalue weighted by molar-refractivity contribution is -0.274. The summed E-state index contributed by atoms with van der Waals surface area (Å²) in [4.78, 5) is 11.5. The molecule has 2 aromatic carbocycles. The number of halogens is 4. The van der Waals surface area contributed by atoms with Gasteiger partial charge in [-0.3, -0.25) is 4.79 Å². The van der Waals surface area contributed by atoms with E-state index in [1.807, 2.05) is 0 Å². The van der Waals surface area contributed by atoms with Crippen LogP contribution in [0.25, 0.3) is 0 Å². The Labute approximate surface area is 158 Å². The molecule has 27 heavy (non-hydrogen) atoms. The first kappa shape index (κ1) is 21.0. The molecule has 0 aliphatic rings. The van der Waals surface area contributed by atoms with Crippen LogP contribution in [-0.4, -0.2) is 27.2 Å². The fraction of sp³-hybridized carbons (Fsp3) is 0.188. The van der Waals surface area contributed by atoms with E-state index >= 15 is 0 Å². The van der Waals surface area contributed by atoms with E-state index in [0.29, 0.717) is 10.6 Å². The molecule has 0 atom stereocenters. The van der Waals surface area contributed by atoms with Crippen LogP contribution in [-0.2, 0) is 21.4 Å². The van der Waals surface area contributed by atoms with Gasteiger partial charge in [0.05, 0.1) is 11.4 Å². The van der Waals surface area contributed by atoms with Gasteiger partial charge in [-0.05, 0) is 35.9 Å². The maximum atomic E-state index is 12.1. The van der Waals surface area contributed by atoms with Crippen molar-refractivity contribution in [2.75, 3.05) is 6.54 Å². The number of nitrogens with one attached hydrogen (secondary N) is 2. The molecule has 0 aliphatic heterocycles. The average Bonchev–Trinajstić information content (AvgIpc) is 2.58. The van der Waals surface area contributed by atoms with Crippen LogP contribution in [0, 0.1) is 0 Å². The van der Waals surface area contributed by atoms with Gasteiger partial charge < -0.3 is 10.1 Å². The SMILES string of the molecule is O=C(CNS(=O)(=O)c1ccc(OC(F)(F)F)cc1)NCc1ccccc1Cl. The largest absolute Gasteiger partial charge is 0.573 e. The van der Waals surface area contributed by atoms with Crippen molar-refractivity contribution in [2.24, 2.45) is 0 Å². The van der Waals surface area contributed by atoms with Crippen LogP contribution < -0.4 is 14.8 Å². The number of carbonyl (C=O) groups excluding carboxylic acids is 1. The number of carbonyl (C=O) groups is 1. The third-order valence-electron chi connectivity index (χ3n) is 3.22. The lowest BCUT2D eigenvalue weighted by Gasteiger charge is -2.10.